The van der Waals surface area contributed by atoms with Crippen molar-refractivity contribution in [2.24, 2.45) is 11.3 Å². The van der Waals surface area contributed by atoms with Crippen LogP contribution in [0.5, 0.6) is 0 Å². The molecular formula is C12H25NO2. The molecule has 0 heterocycles. The van der Waals surface area contributed by atoms with E-state index in [1.165, 1.54) is 0 Å². The summed E-state index contributed by atoms with van der Waals surface area (Å²) in [4.78, 5) is 11.6. The molecule has 0 aliphatic carbocycles. The molecule has 0 aromatic heterocycles. The molecule has 2 N–H and O–H groups in total. The molecule has 1 unspecified atom stereocenters. The number of aliphatic hydroxyl groups is 1. The van der Waals surface area contributed by atoms with Gasteiger partial charge in [0.15, 0.2) is 0 Å². The van der Waals surface area contributed by atoms with Crippen LogP contribution in [0.25, 0.3) is 0 Å². The highest BCUT2D eigenvalue weighted by atomic mass is 16.3. The molecule has 1 amide bonds. The summed E-state index contributed by atoms with van der Waals surface area (Å²) in [6.07, 6.45) is 2.69. The number of carbonyl (C=O) groups is 1. The lowest BCUT2D eigenvalue weighted by atomic mass is 9.89. The van der Waals surface area contributed by atoms with Crippen LogP contribution in [0.1, 0.15) is 47.0 Å². The maximum atomic E-state index is 11.6. The number of hydrogen-bond acceptors (Lipinski definition) is 2. The van der Waals surface area contributed by atoms with E-state index in [0.29, 0.717) is 6.54 Å². The first-order chi connectivity index (χ1) is 6.93. The van der Waals surface area contributed by atoms with Gasteiger partial charge in [-0.2, -0.15) is 0 Å². The molecule has 0 rings (SSSR count). The minimum atomic E-state index is -0.0175. The van der Waals surface area contributed by atoms with Crippen LogP contribution in [0, 0.1) is 11.3 Å². The normalized spacial score (nSPS) is 13.7. The Hall–Kier alpha value is -0.570. The third-order valence-corrected chi connectivity index (χ3v) is 2.70. The first-order valence-corrected chi connectivity index (χ1v) is 5.81. The summed E-state index contributed by atoms with van der Waals surface area (Å²) in [6, 6.07) is 0. The van der Waals surface area contributed by atoms with Crippen LogP contribution < -0.4 is 5.32 Å². The van der Waals surface area contributed by atoms with E-state index in [1.807, 2.05) is 20.8 Å². The minimum Gasteiger partial charge on any atom is -0.396 e. The Morgan fingerprint density at radius 1 is 1.47 bits per heavy atom. The topological polar surface area (TPSA) is 49.3 Å². The molecule has 0 radical (unpaired) electrons. The molecule has 1 atom stereocenters. The van der Waals surface area contributed by atoms with E-state index < -0.39 is 0 Å². The zero-order valence-corrected chi connectivity index (χ0v) is 10.5. The van der Waals surface area contributed by atoms with Gasteiger partial charge in [0, 0.05) is 19.1 Å². The number of hydrogen-bond donors (Lipinski definition) is 2. The van der Waals surface area contributed by atoms with Crippen LogP contribution >= 0.6 is 0 Å². The fraction of sp³-hybridized carbons (Fsp3) is 0.917. The van der Waals surface area contributed by atoms with Crippen molar-refractivity contribution in [3.05, 3.63) is 0 Å². The largest absolute Gasteiger partial charge is 0.396 e. The Bertz CT molecular complexity index is 190. The second kappa shape index (κ2) is 6.83. The molecule has 90 valence electrons. The molecule has 0 aromatic rings. The second-order valence-corrected chi connectivity index (χ2v) is 5.05. The minimum absolute atomic E-state index is 0.0175. The fourth-order valence-electron chi connectivity index (χ4n) is 1.46. The van der Waals surface area contributed by atoms with Gasteiger partial charge in [-0.25, -0.2) is 0 Å². The van der Waals surface area contributed by atoms with Crippen LogP contribution in [0.3, 0.4) is 0 Å². The number of amides is 1. The van der Waals surface area contributed by atoms with Crippen molar-refractivity contribution in [1.29, 1.82) is 0 Å². The predicted octanol–water partition coefficient (Wildman–Crippen LogP) is 1.95. The van der Waals surface area contributed by atoms with Gasteiger partial charge in [-0.3, -0.25) is 4.79 Å². The van der Waals surface area contributed by atoms with E-state index in [9.17, 15) is 4.79 Å². The van der Waals surface area contributed by atoms with Gasteiger partial charge < -0.3 is 10.4 Å². The van der Waals surface area contributed by atoms with Crippen LogP contribution in [-0.2, 0) is 4.79 Å². The first-order valence-electron chi connectivity index (χ1n) is 5.81. The van der Waals surface area contributed by atoms with E-state index in [1.54, 1.807) is 0 Å². The molecule has 3 nitrogen and oxygen atoms in total. The van der Waals surface area contributed by atoms with Crippen LogP contribution in [0.4, 0.5) is 0 Å². The lowest BCUT2D eigenvalue weighted by molar-refractivity contribution is -0.125. The Morgan fingerprint density at radius 3 is 2.53 bits per heavy atom. The van der Waals surface area contributed by atoms with Gasteiger partial charge in [0.2, 0.25) is 5.91 Å². The van der Waals surface area contributed by atoms with E-state index in [0.717, 1.165) is 19.3 Å². The predicted molar refractivity (Wildman–Crippen MR) is 62.6 cm³/mol. The molecule has 0 bridgehead atoms. The standard InChI is InChI=1S/C12H25NO2/c1-5-6-10(2)11(15)13-9-12(3,4)7-8-14/h10,14H,5-9H2,1-4H3,(H,13,15). The molecule has 0 aromatic carbocycles. The average molecular weight is 215 g/mol. The third-order valence-electron chi connectivity index (χ3n) is 2.70. The number of carbonyl (C=O) groups excluding carboxylic acids is 1. The second-order valence-electron chi connectivity index (χ2n) is 5.05. The van der Waals surface area contributed by atoms with Gasteiger partial charge in [0.05, 0.1) is 0 Å². The van der Waals surface area contributed by atoms with Crippen molar-refractivity contribution >= 4 is 5.91 Å². The van der Waals surface area contributed by atoms with Crippen LogP contribution in [-0.4, -0.2) is 24.2 Å². The quantitative estimate of drug-likeness (QED) is 0.682. The van der Waals surface area contributed by atoms with E-state index in [4.69, 9.17) is 5.11 Å². The molecule has 15 heavy (non-hydrogen) atoms. The SMILES string of the molecule is CCCC(C)C(=O)NCC(C)(C)CCO. The van der Waals surface area contributed by atoms with Gasteiger partial charge in [-0.15, -0.1) is 0 Å². The zero-order chi connectivity index (χ0) is 11.9. The molecule has 0 saturated carbocycles. The van der Waals surface area contributed by atoms with Crippen LogP contribution in [0.2, 0.25) is 0 Å². The fourth-order valence-corrected chi connectivity index (χ4v) is 1.46. The van der Waals surface area contributed by atoms with Crippen molar-refractivity contribution in [2.45, 2.75) is 47.0 Å². The summed E-state index contributed by atoms with van der Waals surface area (Å²) >= 11 is 0. The summed E-state index contributed by atoms with van der Waals surface area (Å²) < 4.78 is 0. The summed E-state index contributed by atoms with van der Waals surface area (Å²) in [6.45, 7) is 8.95. The van der Waals surface area contributed by atoms with Crippen molar-refractivity contribution in [1.82, 2.24) is 5.32 Å². The molecule has 0 spiro atoms. The Morgan fingerprint density at radius 2 is 2.07 bits per heavy atom. The number of aliphatic hydroxyl groups excluding tert-OH is 1. The zero-order valence-electron chi connectivity index (χ0n) is 10.5. The molecule has 3 heteroatoms. The van der Waals surface area contributed by atoms with Crippen molar-refractivity contribution in [2.75, 3.05) is 13.2 Å². The Balaban J connectivity index is 3.88. The van der Waals surface area contributed by atoms with Gasteiger partial charge in [-0.1, -0.05) is 34.1 Å². The highest BCUT2D eigenvalue weighted by Gasteiger charge is 2.19. The average Bonchev–Trinajstić information content (AvgIpc) is 2.14. The maximum absolute atomic E-state index is 11.6. The Labute approximate surface area is 93.3 Å². The third kappa shape index (κ3) is 6.50. The van der Waals surface area contributed by atoms with Crippen molar-refractivity contribution < 1.29 is 9.90 Å². The van der Waals surface area contributed by atoms with E-state index in [-0.39, 0.29) is 23.8 Å². The first kappa shape index (κ1) is 14.4. The number of nitrogens with one attached hydrogen (secondary N) is 1. The summed E-state index contributed by atoms with van der Waals surface area (Å²) in [5.41, 5.74) is -0.0175. The van der Waals surface area contributed by atoms with Gasteiger partial charge in [-0.05, 0) is 18.3 Å². The van der Waals surface area contributed by atoms with Crippen molar-refractivity contribution in [3.63, 3.8) is 0 Å². The highest BCUT2D eigenvalue weighted by molar-refractivity contribution is 5.78. The van der Waals surface area contributed by atoms with E-state index >= 15 is 0 Å². The van der Waals surface area contributed by atoms with Crippen LogP contribution in [0.15, 0.2) is 0 Å². The molecule has 0 aliphatic rings. The summed E-state index contributed by atoms with van der Waals surface area (Å²) in [5.74, 6) is 0.225. The lowest BCUT2D eigenvalue weighted by Gasteiger charge is -2.24. The highest BCUT2D eigenvalue weighted by Crippen LogP contribution is 2.18. The Kier molecular flexibility index (Phi) is 6.57. The lowest BCUT2D eigenvalue weighted by Crippen LogP contribution is -2.37. The maximum Gasteiger partial charge on any atom is 0.222 e. The van der Waals surface area contributed by atoms with E-state index in [2.05, 4.69) is 12.2 Å². The van der Waals surface area contributed by atoms with Gasteiger partial charge in [0.25, 0.3) is 0 Å². The molecule has 0 aliphatic heterocycles. The summed E-state index contributed by atoms with van der Waals surface area (Å²) in [5, 5.41) is 11.8. The monoisotopic (exact) mass is 215 g/mol. The molecular weight excluding hydrogens is 190 g/mol. The van der Waals surface area contributed by atoms with Crippen molar-refractivity contribution in [3.8, 4) is 0 Å². The van der Waals surface area contributed by atoms with Gasteiger partial charge in [0.1, 0.15) is 0 Å². The molecule has 0 saturated heterocycles. The van der Waals surface area contributed by atoms with Gasteiger partial charge >= 0.3 is 0 Å². The molecule has 0 fully saturated rings. The smallest absolute Gasteiger partial charge is 0.222 e. The summed E-state index contributed by atoms with van der Waals surface area (Å²) in [7, 11) is 0. The number of rotatable bonds is 7.